The third-order valence-electron chi connectivity index (χ3n) is 3.81. The van der Waals surface area contributed by atoms with Gasteiger partial charge in [-0.05, 0) is 46.2 Å². The molecule has 3 heteroatoms. The van der Waals surface area contributed by atoms with Crippen LogP contribution in [-0.2, 0) is 0 Å². The van der Waals surface area contributed by atoms with Crippen molar-refractivity contribution in [2.45, 2.75) is 52.5 Å². The molecule has 0 aromatic rings. The summed E-state index contributed by atoms with van der Waals surface area (Å²) in [5, 5.41) is 7.53. The summed E-state index contributed by atoms with van der Waals surface area (Å²) in [6, 6.07) is 0. The third-order valence-corrected chi connectivity index (χ3v) is 3.81. The number of likely N-dealkylation sites (tertiary alicyclic amines) is 1. The lowest BCUT2D eigenvalue weighted by Gasteiger charge is -2.34. The van der Waals surface area contributed by atoms with Gasteiger partial charge in [-0.2, -0.15) is 0 Å². The van der Waals surface area contributed by atoms with E-state index in [4.69, 9.17) is 11.1 Å². The summed E-state index contributed by atoms with van der Waals surface area (Å²) in [5.74, 6) is 0.305. The largest absolute Gasteiger partial charge is 0.387 e. The molecule has 0 aromatic carbocycles. The van der Waals surface area contributed by atoms with E-state index in [0.29, 0.717) is 11.4 Å². The summed E-state index contributed by atoms with van der Waals surface area (Å²) in [6.45, 7) is 11.0. The number of nitrogens with two attached hydrogens (primary N) is 1. The maximum atomic E-state index is 7.53. The summed E-state index contributed by atoms with van der Waals surface area (Å²) >= 11 is 0. The molecular weight excluding hydrogens is 186 g/mol. The van der Waals surface area contributed by atoms with E-state index in [1.807, 2.05) is 0 Å². The third kappa shape index (κ3) is 2.94. The first-order chi connectivity index (χ1) is 6.76. The number of nitrogens with zero attached hydrogens (tertiary/aromatic N) is 1. The molecule has 0 amide bonds. The molecule has 1 rings (SSSR count). The fraction of sp³-hybridized carbons (Fsp3) is 0.917. The Morgan fingerprint density at radius 3 is 2.47 bits per heavy atom. The Labute approximate surface area is 93.5 Å². The van der Waals surface area contributed by atoms with Crippen LogP contribution in [0.2, 0.25) is 0 Å². The van der Waals surface area contributed by atoms with Crippen LogP contribution in [0.5, 0.6) is 0 Å². The fourth-order valence-electron chi connectivity index (χ4n) is 2.13. The Kier molecular flexibility index (Phi) is 3.44. The van der Waals surface area contributed by atoms with Crippen molar-refractivity contribution in [1.29, 1.82) is 5.41 Å². The fourth-order valence-corrected chi connectivity index (χ4v) is 2.13. The number of hydrogen-bond donors (Lipinski definition) is 2. The normalized spacial score (nSPS) is 21.9. The molecule has 1 aliphatic heterocycles. The van der Waals surface area contributed by atoms with Crippen molar-refractivity contribution in [2.75, 3.05) is 13.1 Å². The highest BCUT2D eigenvalue weighted by atomic mass is 15.2. The van der Waals surface area contributed by atoms with Gasteiger partial charge in [0.2, 0.25) is 0 Å². The van der Waals surface area contributed by atoms with Gasteiger partial charge < -0.3 is 5.73 Å². The van der Waals surface area contributed by atoms with E-state index in [2.05, 4.69) is 32.6 Å². The zero-order valence-corrected chi connectivity index (χ0v) is 10.6. The molecular formula is C12H25N3. The first-order valence-electron chi connectivity index (χ1n) is 5.85. The number of amidine groups is 1. The van der Waals surface area contributed by atoms with Crippen molar-refractivity contribution in [2.24, 2.45) is 11.1 Å². The van der Waals surface area contributed by atoms with Crippen LogP contribution < -0.4 is 5.73 Å². The SMILES string of the molecule is CC(C)(CCN1CCCC1(C)C)C(=N)N. The molecule has 0 atom stereocenters. The predicted octanol–water partition coefficient (Wildman–Crippen LogP) is 2.21. The molecule has 0 unspecified atom stereocenters. The van der Waals surface area contributed by atoms with Crippen LogP contribution in [0, 0.1) is 10.8 Å². The molecule has 1 heterocycles. The Balaban J connectivity index is 2.47. The molecule has 15 heavy (non-hydrogen) atoms. The van der Waals surface area contributed by atoms with Crippen LogP contribution in [-0.4, -0.2) is 29.4 Å². The van der Waals surface area contributed by atoms with Gasteiger partial charge in [-0.15, -0.1) is 0 Å². The maximum absolute atomic E-state index is 7.53. The van der Waals surface area contributed by atoms with Gasteiger partial charge >= 0.3 is 0 Å². The Morgan fingerprint density at radius 2 is 2.07 bits per heavy atom. The van der Waals surface area contributed by atoms with E-state index in [9.17, 15) is 0 Å². The molecule has 0 saturated carbocycles. The van der Waals surface area contributed by atoms with Crippen molar-refractivity contribution in [3.05, 3.63) is 0 Å². The molecule has 88 valence electrons. The van der Waals surface area contributed by atoms with Crippen molar-refractivity contribution >= 4 is 5.84 Å². The molecule has 3 nitrogen and oxygen atoms in total. The number of rotatable bonds is 4. The van der Waals surface area contributed by atoms with Crippen LogP contribution >= 0.6 is 0 Å². The summed E-state index contributed by atoms with van der Waals surface area (Å²) in [5.41, 5.74) is 5.77. The van der Waals surface area contributed by atoms with E-state index < -0.39 is 0 Å². The van der Waals surface area contributed by atoms with Crippen molar-refractivity contribution in [1.82, 2.24) is 4.90 Å². The topological polar surface area (TPSA) is 53.1 Å². The van der Waals surface area contributed by atoms with Crippen molar-refractivity contribution < 1.29 is 0 Å². The average Bonchev–Trinajstić information content (AvgIpc) is 2.41. The Morgan fingerprint density at radius 1 is 1.47 bits per heavy atom. The van der Waals surface area contributed by atoms with Crippen molar-refractivity contribution in [3.63, 3.8) is 0 Å². The minimum atomic E-state index is -0.154. The molecule has 1 aliphatic rings. The van der Waals surface area contributed by atoms with Crippen molar-refractivity contribution in [3.8, 4) is 0 Å². The van der Waals surface area contributed by atoms with Gasteiger partial charge in [0.1, 0.15) is 0 Å². The second-order valence-corrected chi connectivity index (χ2v) is 5.95. The second-order valence-electron chi connectivity index (χ2n) is 5.95. The smallest absolute Gasteiger partial charge is 0.0963 e. The van der Waals surface area contributed by atoms with Gasteiger partial charge in [0.25, 0.3) is 0 Å². The zero-order chi connectivity index (χ0) is 11.7. The van der Waals surface area contributed by atoms with Gasteiger partial charge in [0.15, 0.2) is 0 Å². The summed E-state index contributed by atoms with van der Waals surface area (Å²) < 4.78 is 0. The van der Waals surface area contributed by atoms with Crippen LogP contribution in [0.4, 0.5) is 0 Å². The molecule has 0 aliphatic carbocycles. The lowest BCUT2D eigenvalue weighted by Crippen LogP contribution is -2.42. The van der Waals surface area contributed by atoms with Crippen LogP contribution in [0.3, 0.4) is 0 Å². The van der Waals surface area contributed by atoms with E-state index in [0.717, 1.165) is 13.0 Å². The number of hydrogen-bond acceptors (Lipinski definition) is 2. The summed E-state index contributed by atoms with van der Waals surface area (Å²) in [6.07, 6.45) is 3.56. The predicted molar refractivity (Wildman–Crippen MR) is 65.2 cm³/mol. The van der Waals surface area contributed by atoms with E-state index in [-0.39, 0.29) is 5.41 Å². The second kappa shape index (κ2) is 4.12. The molecule has 0 radical (unpaired) electrons. The van der Waals surface area contributed by atoms with E-state index in [1.54, 1.807) is 0 Å². The van der Waals surface area contributed by atoms with E-state index >= 15 is 0 Å². The minimum absolute atomic E-state index is 0.154. The van der Waals surface area contributed by atoms with Gasteiger partial charge in [-0.3, -0.25) is 10.3 Å². The molecule has 0 aromatic heterocycles. The molecule has 0 spiro atoms. The first-order valence-corrected chi connectivity index (χ1v) is 5.85. The summed E-state index contributed by atoms with van der Waals surface area (Å²) in [7, 11) is 0. The highest BCUT2D eigenvalue weighted by Crippen LogP contribution is 2.30. The van der Waals surface area contributed by atoms with Crippen LogP contribution in [0.15, 0.2) is 0 Å². The lowest BCUT2D eigenvalue weighted by atomic mass is 9.87. The van der Waals surface area contributed by atoms with Gasteiger partial charge in [-0.25, -0.2) is 0 Å². The number of nitrogens with one attached hydrogen (secondary N) is 1. The van der Waals surface area contributed by atoms with Gasteiger partial charge in [-0.1, -0.05) is 13.8 Å². The molecule has 1 saturated heterocycles. The molecule has 3 N–H and O–H groups in total. The summed E-state index contributed by atoms with van der Waals surface area (Å²) in [4.78, 5) is 2.53. The van der Waals surface area contributed by atoms with Gasteiger partial charge in [0.05, 0.1) is 5.84 Å². The minimum Gasteiger partial charge on any atom is -0.387 e. The lowest BCUT2D eigenvalue weighted by molar-refractivity contribution is 0.160. The molecule has 1 fully saturated rings. The van der Waals surface area contributed by atoms with Gasteiger partial charge in [0, 0.05) is 11.0 Å². The standard InChI is InChI=1S/C12H25N3/c1-11(2,10(13)14)7-9-15-8-5-6-12(15,3)4/h5-9H2,1-4H3,(H3,13,14). The van der Waals surface area contributed by atoms with Crippen LogP contribution in [0.25, 0.3) is 0 Å². The Hall–Kier alpha value is -0.570. The average molecular weight is 211 g/mol. The zero-order valence-electron chi connectivity index (χ0n) is 10.6. The maximum Gasteiger partial charge on any atom is 0.0963 e. The van der Waals surface area contributed by atoms with E-state index in [1.165, 1.54) is 19.4 Å². The highest BCUT2D eigenvalue weighted by Gasteiger charge is 2.33. The Bertz CT molecular complexity index is 243. The highest BCUT2D eigenvalue weighted by molar-refractivity contribution is 5.82. The first kappa shape index (κ1) is 12.5. The monoisotopic (exact) mass is 211 g/mol. The molecule has 0 bridgehead atoms. The van der Waals surface area contributed by atoms with Crippen LogP contribution in [0.1, 0.15) is 47.0 Å². The quantitative estimate of drug-likeness (QED) is 0.553.